The van der Waals surface area contributed by atoms with Gasteiger partial charge in [0, 0.05) is 25.2 Å². The Labute approximate surface area is 136 Å². The van der Waals surface area contributed by atoms with Gasteiger partial charge in [0.05, 0.1) is 12.8 Å². The molecule has 23 heavy (non-hydrogen) atoms. The monoisotopic (exact) mass is 311 g/mol. The highest BCUT2D eigenvalue weighted by Crippen LogP contribution is 2.25. The maximum Gasteiger partial charge on any atom is 0.255 e. The van der Waals surface area contributed by atoms with Crippen LogP contribution in [0.25, 0.3) is 0 Å². The molecular weight excluding hydrogens is 290 g/mol. The maximum absolute atomic E-state index is 12.4. The Bertz CT molecular complexity index is 722. The third-order valence-electron chi connectivity index (χ3n) is 3.47. The highest BCUT2D eigenvalue weighted by molar-refractivity contribution is 6.05. The van der Waals surface area contributed by atoms with E-state index >= 15 is 0 Å². The van der Waals surface area contributed by atoms with Gasteiger partial charge in [-0.25, -0.2) is 0 Å². The summed E-state index contributed by atoms with van der Waals surface area (Å²) < 4.78 is 5.29. The van der Waals surface area contributed by atoms with Crippen molar-refractivity contribution in [3.63, 3.8) is 0 Å². The zero-order valence-electron chi connectivity index (χ0n) is 13.8. The number of amides is 1. The van der Waals surface area contributed by atoms with Crippen LogP contribution in [0.3, 0.4) is 0 Å². The molecule has 2 aromatic rings. The smallest absolute Gasteiger partial charge is 0.255 e. The predicted octanol–water partition coefficient (Wildman–Crippen LogP) is 3.14. The maximum atomic E-state index is 12.4. The topological polar surface area (TPSA) is 65.4 Å². The number of amidine groups is 1. The van der Waals surface area contributed by atoms with Crippen LogP contribution < -0.4 is 10.1 Å². The van der Waals surface area contributed by atoms with Crippen molar-refractivity contribution >= 4 is 17.4 Å². The number of aryl methyl sites for hydroxylation is 1. The molecule has 0 saturated carbocycles. The summed E-state index contributed by atoms with van der Waals surface area (Å²) >= 11 is 0. The molecular formula is C18H21N3O2. The van der Waals surface area contributed by atoms with Gasteiger partial charge in [0.1, 0.15) is 11.6 Å². The second-order valence-electron chi connectivity index (χ2n) is 5.48. The highest BCUT2D eigenvalue weighted by atomic mass is 16.5. The van der Waals surface area contributed by atoms with E-state index in [9.17, 15) is 4.79 Å². The minimum absolute atomic E-state index is 0.213. The number of carbonyl (C=O) groups excluding carboxylic acids is 1. The lowest BCUT2D eigenvalue weighted by Crippen LogP contribution is -2.21. The molecule has 5 nitrogen and oxygen atoms in total. The van der Waals surface area contributed by atoms with Crippen molar-refractivity contribution in [1.29, 1.82) is 5.41 Å². The van der Waals surface area contributed by atoms with Crippen molar-refractivity contribution < 1.29 is 9.53 Å². The second kappa shape index (κ2) is 6.96. The van der Waals surface area contributed by atoms with Gasteiger partial charge in [0.2, 0.25) is 0 Å². The van der Waals surface area contributed by atoms with E-state index in [-0.39, 0.29) is 5.91 Å². The van der Waals surface area contributed by atoms with Crippen molar-refractivity contribution in [3.8, 4) is 5.75 Å². The fourth-order valence-corrected chi connectivity index (χ4v) is 2.13. The molecule has 2 N–H and O–H groups in total. The van der Waals surface area contributed by atoms with Crippen molar-refractivity contribution in [2.24, 2.45) is 0 Å². The van der Waals surface area contributed by atoms with Crippen molar-refractivity contribution in [1.82, 2.24) is 4.90 Å². The number of nitrogens with one attached hydrogen (secondary N) is 2. The minimum atomic E-state index is -0.213. The summed E-state index contributed by atoms with van der Waals surface area (Å²) in [4.78, 5) is 14.1. The molecule has 0 saturated heterocycles. The average Bonchev–Trinajstić information content (AvgIpc) is 2.55. The Morgan fingerprint density at radius 2 is 1.70 bits per heavy atom. The lowest BCUT2D eigenvalue weighted by Gasteiger charge is -2.14. The SMILES string of the molecule is COc1cc(C)ccc1NC(=O)c1ccc(C(=N)N(C)C)cc1. The number of methoxy groups -OCH3 is 1. The molecule has 0 heterocycles. The molecule has 0 aliphatic carbocycles. The van der Waals surface area contributed by atoms with E-state index in [1.54, 1.807) is 36.3 Å². The number of benzene rings is 2. The summed E-state index contributed by atoms with van der Waals surface area (Å²) in [7, 11) is 5.20. The molecule has 2 rings (SSSR count). The van der Waals surface area contributed by atoms with Gasteiger partial charge in [-0.2, -0.15) is 0 Å². The van der Waals surface area contributed by atoms with Gasteiger partial charge < -0.3 is 15.0 Å². The van der Waals surface area contributed by atoms with E-state index < -0.39 is 0 Å². The zero-order chi connectivity index (χ0) is 17.0. The summed E-state index contributed by atoms with van der Waals surface area (Å²) in [5, 5.41) is 10.8. The molecule has 1 amide bonds. The summed E-state index contributed by atoms with van der Waals surface area (Å²) in [6.45, 7) is 1.96. The van der Waals surface area contributed by atoms with Crippen LogP contribution in [-0.4, -0.2) is 37.8 Å². The van der Waals surface area contributed by atoms with Gasteiger partial charge in [0.25, 0.3) is 5.91 Å². The molecule has 0 atom stereocenters. The standard InChI is InChI=1S/C18H21N3O2/c1-12-5-10-15(16(11-12)23-4)20-18(22)14-8-6-13(7-9-14)17(19)21(2)3/h5-11,19H,1-4H3,(H,20,22). The van der Waals surface area contributed by atoms with Gasteiger partial charge in [-0.05, 0) is 36.8 Å². The third-order valence-corrected chi connectivity index (χ3v) is 3.47. The Balaban J connectivity index is 2.17. The Morgan fingerprint density at radius 3 is 2.26 bits per heavy atom. The van der Waals surface area contributed by atoms with Gasteiger partial charge in [-0.3, -0.25) is 10.2 Å². The number of ether oxygens (including phenoxy) is 1. The van der Waals surface area contributed by atoms with Gasteiger partial charge in [-0.15, -0.1) is 0 Å². The second-order valence-corrected chi connectivity index (χ2v) is 5.48. The fraction of sp³-hybridized carbons (Fsp3) is 0.222. The molecule has 0 aromatic heterocycles. The summed E-state index contributed by atoms with van der Waals surface area (Å²) in [6, 6.07) is 12.6. The van der Waals surface area contributed by atoms with Crippen LogP contribution in [0.15, 0.2) is 42.5 Å². The zero-order valence-corrected chi connectivity index (χ0v) is 13.8. The molecule has 0 bridgehead atoms. The normalized spacial score (nSPS) is 10.1. The lowest BCUT2D eigenvalue weighted by molar-refractivity contribution is 0.102. The van der Waals surface area contributed by atoms with Gasteiger partial charge >= 0.3 is 0 Å². The lowest BCUT2D eigenvalue weighted by atomic mass is 10.1. The average molecular weight is 311 g/mol. The third kappa shape index (κ3) is 3.88. The van der Waals surface area contributed by atoms with Crippen LogP contribution >= 0.6 is 0 Å². The largest absolute Gasteiger partial charge is 0.495 e. The number of rotatable bonds is 4. The quantitative estimate of drug-likeness (QED) is 0.673. The number of hydrogen-bond donors (Lipinski definition) is 2. The van der Waals surface area contributed by atoms with Crippen molar-refractivity contribution in [3.05, 3.63) is 59.2 Å². The number of anilines is 1. The first-order valence-electron chi connectivity index (χ1n) is 7.24. The van der Waals surface area contributed by atoms with Gasteiger partial charge in [-0.1, -0.05) is 18.2 Å². The van der Waals surface area contributed by atoms with E-state index in [0.717, 1.165) is 11.1 Å². The number of hydrogen-bond acceptors (Lipinski definition) is 3. The molecule has 0 aliphatic heterocycles. The number of carbonyl (C=O) groups is 1. The molecule has 0 radical (unpaired) electrons. The first kappa shape index (κ1) is 16.5. The summed E-state index contributed by atoms with van der Waals surface area (Å²) in [5.41, 5.74) is 2.99. The van der Waals surface area contributed by atoms with E-state index in [1.807, 2.05) is 39.2 Å². The molecule has 0 spiro atoms. The van der Waals surface area contributed by atoms with Crippen molar-refractivity contribution in [2.75, 3.05) is 26.5 Å². The van der Waals surface area contributed by atoms with E-state index in [1.165, 1.54) is 0 Å². The van der Waals surface area contributed by atoms with E-state index in [4.69, 9.17) is 10.1 Å². The van der Waals surface area contributed by atoms with E-state index in [0.29, 0.717) is 22.8 Å². The van der Waals surface area contributed by atoms with Crippen LogP contribution in [0.5, 0.6) is 5.75 Å². The minimum Gasteiger partial charge on any atom is -0.495 e. The Kier molecular flexibility index (Phi) is 5.01. The highest BCUT2D eigenvalue weighted by Gasteiger charge is 2.11. The van der Waals surface area contributed by atoms with Gasteiger partial charge in [0.15, 0.2) is 0 Å². The summed E-state index contributed by atoms with van der Waals surface area (Å²) in [5.74, 6) is 0.816. The Hall–Kier alpha value is -2.82. The molecule has 0 fully saturated rings. The molecule has 120 valence electrons. The van der Waals surface area contributed by atoms with Crippen LogP contribution in [0, 0.1) is 12.3 Å². The first-order chi connectivity index (χ1) is 10.9. The molecule has 5 heteroatoms. The number of nitrogens with zero attached hydrogens (tertiary/aromatic N) is 1. The molecule has 0 aliphatic rings. The molecule has 2 aromatic carbocycles. The van der Waals surface area contributed by atoms with Crippen LogP contribution in [0.4, 0.5) is 5.69 Å². The van der Waals surface area contributed by atoms with Crippen molar-refractivity contribution in [2.45, 2.75) is 6.92 Å². The van der Waals surface area contributed by atoms with E-state index in [2.05, 4.69) is 5.32 Å². The van der Waals surface area contributed by atoms with Crippen LogP contribution in [-0.2, 0) is 0 Å². The van der Waals surface area contributed by atoms with Crippen LogP contribution in [0.2, 0.25) is 0 Å². The fourth-order valence-electron chi connectivity index (χ4n) is 2.13. The Morgan fingerprint density at radius 1 is 1.09 bits per heavy atom. The first-order valence-corrected chi connectivity index (χ1v) is 7.24. The molecule has 0 unspecified atom stereocenters. The summed E-state index contributed by atoms with van der Waals surface area (Å²) in [6.07, 6.45) is 0. The predicted molar refractivity (Wildman–Crippen MR) is 92.6 cm³/mol. The van der Waals surface area contributed by atoms with Crippen LogP contribution in [0.1, 0.15) is 21.5 Å².